The Morgan fingerprint density at radius 2 is 1.95 bits per heavy atom. The van der Waals surface area contributed by atoms with Crippen molar-refractivity contribution in [3.05, 3.63) is 0 Å². The normalized spacial score (nSPS) is 41.4. The zero-order chi connectivity index (χ0) is 13.2. The highest BCUT2D eigenvalue weighted by molar-refractivity contribution is 4.97. The van der Waals surface area contributed by atoms with Crippen LogP contribution in [0.25, 0.3) is 0 Å². The van der Waals surface area contributed by atoms with Crippen LogP contribution < -0.4 is 0 Å². The molecule has 110 valence electrons. The Balaban J connectivity index is 1.71. The van der Waals surface area contributed by atoms with Gasteiger partial charge in [-0.3, -0.25) is 9.80 Å². The minimum absolute atomic E-state index is 0.490. The number of hydrogen-bond donors (Lipinski definition) is 0. The van der Waals surface area contributed by atoms with Crippen LogP contribution in [-0.4, -0.2) is 60.8 Å². The van der Waals surface area contributed by atoms with E-state index in [2.05, 4.69) is 16.7 Å². The molecule has 0 amide bonds. The molecule has 19 heavy (non-hydrogen) atoms. The zero-order valence-corrected chi connectivity index (χ0v) is 12.7. The van der Waals surface area contributed by atoms with Gasteiger partial charge in [-0.05, 0) is 45.1 Å². The summed E-state index contributed by atoms with van der Waals surface area (Å²) in [5, 5.41) is 0. The second-order valence-electron chi connectivity index (χ2n) is 6.68. The Bertz CT molecular complexity index is 296. The average molecular weight is 266 g/mol. The van der Waals surface area contributed by atoms with E-state index in [-0.39, 0.29) is 0 Å². The maximum Gasteiger partial charge on any atom is 0.0726 e. The summed E-state index contributed by atoms with van der Waals surface area (Å²) in [5.74, 6) is 0. The number of nitrogens with zero attached hydrogens (tertiary/aromatic N) is 2. The van der Waals surface area contributed by atoms with Crippen LogP contribution in [0.5, 0.6) is 0 Å². The smallest absolute Gasteiger partial charge is 0.0726 e. The third kappa shape index (κ3) is 2.70. The molecule has 4 atom stereocenters. The lowest BCUT2D eigenvalue weighted by atomic mass is 9.94. The van der Waals surface area contributed by atoms with Crippen molar-refractivity contribution in [2.75, 3.05) is 26.7 Å². The molecule has 4 unspecified atom stereocenters. The molecule has 0 aromatic carbocycles. The monoisotopic (exact) mass is 266 g/mol. The summed E-state index contributed by atoms with van der Waals surface area (Å²) >= 11 is 0. The van der Waals surface area contributed by atoms with Gasteiger partial charge in [-0.1, -0.05) is 13.3 Å². The van der Waals surface area contributed by atoms with Crippen LogP contribution in [0.1, 0.15) is 51.9 Å². The van der Waals surface area contributed by atoms with E-state index >= 15 is 0 Å². The first-order valence-electron chi connectivity index (χ1n) is 8.36. The van der Waals surface area contributed by atoms with Crippen molar-refractivity contribution in [2.24, 2.45) is 0 Å². The Hall–Kier alpha value is -0.120. The number of piperazine rings is 1. The fourth-order valence-electron chi connectivity index (χ4n) is 4.61. The van der Waals surface area contributed by atoms with Crippen molar-refractivity contribution in [2.45, 2.75) is 76.1 Å². The summed E-state index contributed by atoms with van der Waals surface area (Å²) in [6.07, 6.45) is 10.0. The van der Waals surface area contributed by atoms with E-state index in [4.69, 9.17) is 4.74 Å². The van der Waals surface area contributed by atoms with Crippen LogP contribution in [0.2, 0.25) is 0 Å². The van der Waals surface area contributed by atoms with Gasteiger partial charge in [0.15, 0.2) is 0 Å². The Kier molecular flexibility index (Phi) is 4.45. The summed E-state index contributed by atoms with van der Waals surface area (Å²) in [5.41, 5.74) is 0. The third-order valence-electron chi connectivity index (χ3n) is 5.70. The minimum atomic E-state index is 0.490. The SMILES string of the molecule is CCC1CN2CCCCC2CN1C1CCCC1OC. The van der Waals surface area contributed by atoms with Gasteiger partial charge in [0.05, 0.1) is 6.10 Å². The molecule has 0 aromatic rings. The molecular formula is C16H30N2O. The molecule has 0 radical (unpaired) electrons. The first-order chi connectivity index (χ1) is 9.33. The predicted octanol–water partition coefficient (Wildman–Crippen LogP) is 2.50. The lowest BCUT2D eigenvalue weighted by Gasteiger charge is -2.51. The van der Waals surface area contributed by atoms with Crippen molar-refractivity contribution in [1.29, 1.82) is 0 Å². The van der Waals surface area contributed by atoms with Gasteiger partial charge in [0.25, 0.3) is 0 Å². The highest BCUT2D eigenvalue weighted by Gasteiger charge is 2.41. The number of piperidine rings is 1. The summed E-state index contributed by atoms with van der Waals surface area (Å²) in [6.45, 7) is 6.29. The second kappa shape index (κ2) is 6.11. The Morgan fingerprint density at radius 1 is 1.05 bits per heavy atom. The number of methoxy groups -OCH3 is 1. The molecule has 3 nitrogen and oxygen atoms in total. The average Bonchev–Trinajstić information content (AvgIpc) is 2.94. The standard InChI is InChI=1S/C16H30N2O/c1-3-13-11-17-10-5-4-7-14(17)12-18(13)15-8-6-9-16(15)19-2/h13-16H,3-12H2,1-2H3. The van der Waals surface area contributed by atoms with Gasteiger partial charge in [0.2, 0.25) is 0 Å². The van der Waals surface area contributed by atoms with Crippen molar-refractivity contribution < 1.29 is 4.74 Å². The van der Waals surface area contributed by atoms with Gasteiger partial charge < -0.3 is 4.74 Å². The molecule has 2 heterocycles. The summed E-state index contributed by atoms with van der Waals surface area (Å²) in [6, 6.07) is 2.28. The summed E-state index contributed by atoms with van der Waals surface area (Å²) < 4.78 is 5.75. The fourth-order valence-corrected chi connectivity index (χ4v) is 4.61. The summed E-state index contributed by atoms with van der Waals surface area (Å²) in [4.78, 5) is 5.60. The molecule has 0 bridgehead atoms. The molecule has 1 saturated carbocycles. The zero-order valence-electron chi connectivity index (χ0n) is 12.7. The fraction of sp³-hybridized carbons (Fsp3) is 1.00. The first kappa shape index (κ1) is 13.8. The molecule has 3 aliphatic rings. The van der Waals surface area contributed by atoms with Crippen LogP contribution in [0.4, 0.5) is 0 Å². The van der Waals surface area contributed by atoms with Crippen LogP contribution in [0.3, 0.4) is 0 Å². The molecule has 3 heteroatoms. The molecule has 0 aromatic heterocycles. The van der Waals surface area contributed by atoms with E-state index in [1.54, 1.807) is 0 Å². The van der Waals surface area contributed by atoms with Crippen molar-refractivity contribution in [3.8, 4) is 0 Å². The largest absolute Gasteiger partial charge is 0.380 e. The Labute approximate surface area is 118 Å². The maximum absolute atomic E-state index is 5.75. The van der Waals surface area contributed by atoms with E-state index in [0.29, 0.717) is 12.1 Å². The van der Waals surface area contributed by atoms with Gasteiger partial charge in [-0.25, -0.2) is 0 Å². The van der Waals surface area contributed by atoms with E-state index in [9.17, 15) is 0 Å². The third-order valence-corrected chi connectivity index (χ3v) is 5.70. The van der Waals surface area contributed by atoms with Gasteiger partial charge in [-0.15, -0.1) is 0 Å². The van der Waals surface area contributed by atoms with Gasteiger partial charge >= 0.3 is 0 Å². The van der Waals surface area contributed by atoms with Crippen molar-refractivity contribution >= 4 is 0 Å². The molecule has 1 aliphatic carbocycles. The van der Waals surface area contributed by atoms with E-state index < -0.39 is 0 Å². The Morgan fingerprint density at radius 3 is 2.74 bits per heavy atom. The molecule has 2 aliphatic heterocycles. The number of fused-ring (bicyclic) bond motifs is 1. The molecule has 0 spiro atoms. The highest BCUT2D eigenvalue weighted by atomic mass is 16.5. The quantitative estimate of drug-likeness (QED) is 0.780. The molecule has 2 saturated heterocycles. The second-order valence-corrected chi connectivity index (χ2v) is 6.68. The van der Waals surface area contributed by atoms with E-state index in [0.717, 1.165) is 12.1 Å². The van der Waals surface area contributed by atoms with E-state index in [1.807, 2.05) is 7.11 Å². The molecule has 3 rings (SSSR count). The highest BCUT2D eigenvalue weighted by Crippen LogP contribution is 2.33. The molecular weight excluding hydrogens is 236 g/mol. The van der Waals surface area contributed by atoms with E-state index in [1.165, 1.54) is 64.6 Å². The number of ether oxygens (including phenoxy) is 1. The van der Waals surface area contributed by atoms with Crippen molar-refractivity contribution in [3.63, 3.8) is 0 Å². The van der Waals surface area contributed by atoms with Gasteiger partial charge in [-0.2, -0.15) is 0 Å². The lowest BCUT2D eigenvalue weighted by Crippen LogP contribution is -2.62. The topological polar surface area (TPSA) is 15.7 Å². The predicted molar refractivity (Wildman–Crippen MR) is 78.4 cm³/mol. The molecule has 3 fully saturated rings. The van der Waals surface area contributed by atoms with Crippen LogP contribution >= 0.6 is 0 Å². The van der Waals surface area contributed by atoms with Crippen LogP contribution in [0.15, 0.2) is 0 Å². The lowest BCUT2D eigenvalue weighted by molar-refractivity contribution is -0.0496. The van der Waals surface area contributed by atoms with Crippen LogP contribution in [0, 0.1) is 0 Å². The summed E-state index contributed by atoms with van der Waals surface area (Å²) in [7, 11) is 1.90. The van der Waals surface area contributed by atoms with Gasteiger partial charge in [0.1, 0.15) is 0 Å². The minimum Gasteiger partial charge on any atom is -0.380 e. The van der Waals surface area contributed by atoms with Gasteiger partial charge in [0, 0.05) is 38.3 Å². The van der Waals surface area contributed by atoms with Crippen LogP contribution in [-0.2, 0) is 4.74 Å². The molecule has 0 N–H and O–H groups in total. The number of rotatable bonds is 3. The van der Waals surface area contributed by atoms with Crippen molar-refractivity contribution in [1.82, 2.24) is 9.80 Å². The maximum atomic E-state index is 5.75. The number of hydrogen-bond acceptors (Lipinski definition) is 3. The first-order valence-corrected chi connectivity index (χ1v) is 8.36.